The largest absolute Gasteiger partial charge is 0.374 e. The number of amides is 1. The van der Waals surface area contributed by atoms with Crippen LogP contribution in [0.2, 0.25) is 0 Å². The van der Waals surface area contributed by atoms with Crippen molar-refractivity contribution in [2.45, 2.75) is 6.92 Å². The lowest BCUT2D eigenvalue weighted by molar-refractivity contribution is -0.119. The third-order valence-corrected chi connectivity index (χ3v) is 4.36. The zero-order chi connectivity index (χ0) is 15.7. The van der Waals surface area contributed by atoms with Crippen LogP contribution in [-0.2, 0) is 4.79 Å². The zero-order valence-electron chi connectivity index (χ0n) is 10.5. The Balaban J connectivity index is 2.29. The van der Waals surface area contributed by atoms with Crippen molar-refractivity contribution in [1.29, 1.82) is 0 Å². The van der Waals surface area contributed by atoms with E-state index in [0.29, 0.717) is 11.4 Å². The molecule has 1 heterocycles. The van der Waals surface area contributed by atoms with Gasteiger partial charge in [-0.1, -0.05) is 15.9 Å². The van der Waals surface area contributed by atoms with E-state index < -0.39 is 5.91 Å². The summed E-state index contributed by atoms with van der Waals surface area (Å²) in [5.41, 5.74) is 9.52. The summed E-state index contributed by atoms with van der Waals surface area (Å²) >= 11 is 15.0. The second-order valence-corrected chi connectivity index (χ2v) is 7.00. The van der Waals surface area contributed by atoms with Crippen molar-refractivity contribution in [3.05, 3.63) is 25.6 Å². The molecule has 0 bridgehead atoms. The Hall–Kier alpha value is -0.840. The van der Waals surface area contributed by atoms with Crippen molar-refractivity contribution in [2.24, 2.45) is 15.9 Å². The molecular formula is C11H8Br3N5OS. The predicted octanol–water partition coefficient (Wildman–Crippen LogP) is 3.20. The van der Waals surface area contributed by atoms with E-state index in [1.54, 1.807) is 6.92 Å². The molecule has 0 aromatic heterocycles. The van der Waals surface area contributed by atoms with Crippen LogP contribution in [0, 0.1) is 0 Å². The molecule has 1 aliphatic rings. The van der Waals surface area contributed by atoms with Crippen LogP contribution in [0.5, 0.6) is 0 Å². The highest BCUT2D eigenvalue weighted by Gasteiger charge is 2.31. The van der Waals surface area contributed by atoms with Crippen LogP contribution in [0.3, 0.4) is 0 Å². The summed E-state index contributed by atoms with van der Waals surface area (Å²) < 4.78 is 2.45. The molecule has 0 fully saturated rings. The molecule has 0 saturated heterocycles. The Morgan fingerprint density at radius 1 is 1.38 bits per heavy atom. The van der Waals surface area contributed by atoms with Crippen LogP contribution >= 0.6 is 60.0 Å². The van der Waals surface area contributed by atoms with E-state index in [0.717, 1.165) is 18.4 Å². The van der Waals surface area contributed by atoms with Gasteiger partial charge in [0, 0.05) is 13.4 Å². The molecule has 1 aliphatic heterocycles. The van der Waals surface area contributed by atoms with E-state index in [2.05, 4.69) is 63.4 Å². The van der Waals surface area contributed by atoms with Crippen molar-refractivity contribution in [3.8, 4) is 0 Å². The van der Waals surface area contributed by atoms with Gasteiger partial charge in [-0.15, -0.1) is 0 Å². The fraction of sp³-hybridized carbons (Fsp3) is 0.0909. The molecule has 0 saturated carbocycles. The third kappa shape index (κ3) is 3.50. The summed E-state index contributed by atoms with van der Waals surface area (Å²) in [6.07, 6.45) is 0. The van der Waals surface area contributed by atoms with Gasteiger partial charge < -0.3 is 5.73 Å². The van der Waals surface area contributed by atoms with Crippen molar-refractivity contribution in [2.75, 3.05) is 5.43 Å². The van der Waals surface area contributed by atoms with E-state index in [1.807, 2.05) is 12.1 Å². The number of nitrogens with two attached hydrogens (primary N) is 1. The van der Waals surface area contributed by atoms with E-state index in [1.165, 1.54) is 0 Å². The first kappa shape index (κ1) is 16.5. The van der Waals surface area contributed by atoms with Gasteiger partial charge in [0.05, 0.1) is 11.4 Å². The highest BCUT2D eigenvalue weighted by atomic mass is 79.9. The molecule has 1 aromatic carbocycles. The summed E-state index contributed by atoms with van der Waals surface area (Å²) in [6.45, 7) is 1.66. The molecule has 6 nitrogen and oxygen atoms in total. The predicted molar refractivity (Wildman–Crippen MR) is 97.3 cm³/mol. The zero-order valence-corrected chi connectivity index (χ0v) is 16.1. The van der Waals surface area contributed by atoms with Crippen LogP contribution in [0.1, 0.15) is 6.92 Å². The standard InChI is InChI=1S/C11H8Br3N5OS/c1-4-8(10(20)19(18-4)11(15)21)16-17-9-6(13)2-5(12)3-7(9)14/h2-3,17H,1H3,(H2,15,21)/b16-8+. The van der Waals surface area contributed by atoms with Gasteiger partial charge in [0.25, 0.3) is 0 Å². The summed E-state index contributed by atoms with van der Waals surface area (Å²) in [4.78, 5) is 12.0. The molecule has 0 radical (unpaired) electrons. The van der Waals surface area contributed by atoms with Gasteiger partial charge in [-0.05, 0) is 63.1 Å². The smallest absolute Gasteiger partial charge is 0.303 e. The molecule has 1 amide bonds. The monoisotopic (exact) mass is 495 g/mol. The van der Waals surface area contributed by atoms with E-state index in [4.69, 9.17) is 18.0 Å². The number of carbonyl (C=O) groups excluding carboxylic acids is 1. The maximum Gasteiger partial charge on any atom is 0.303 e. The highest BCUT2D eigenvalue weighted by Crippen LogP contribution is 2.34. The van der Waals surface area contributed by atoms with Gasteiger partial charge in [0.15, 0.2) is 10.8 Å². The van der Waals surface area contributed by atoms with Gasteiger partial charge in [-0.25, -0.2) is 0 Å². The molecule has 0 aliphatic carbocycles. The van der Waals surface area contributed by atoms with Gasteiger partial charge in [0.1, 0.15) is 0 Å². The molecule has 21 heavy (non-hydrogen) atoms. The Morgan fingerprint density at radius 2 is 1.95 bits per heavy atom. The first-order valence-electron chi connectivity index (χ1n) is 5.49. The maximum atomic E-state index is 12.0. The topological polar surface area (TPSA) is 83.1 Å². The number of carbonyl (C=O) groups is 1. The fourth-order valence-electron chi connectivity index (χ4n) is 1.54. The van der Waals surface area contributed by atoms with Crippen molar-refractivity contribution in [1.82, 2.24) is 5.01 Å². The SMILES string of the molecule is CC1=NN(C(N)=S)C(=O)/C1=N/Nc1c(Br)cc(Br)cc1Br. The van der Waals surface area contributed by atoms with Crippen LogP contribution in [-0.4, -0.2) is 27.5 Å². The Bertz CT molecular complexity index is 680. The molecule has 0 atom stereocenters. The molecule has 110 valence electrons. The van der Waals surface area contributed by atoms with E-state index in [-0.39, 0.29) is 10.8 Å². The van der Waals surface area contributed by atoms with Crippen molar-refractivity contribution < 1.29 is 4.79 Å². The molecule has 3 N–H and O–H groups in total. The second-order valence-electron chi connectivity index (χ2n) is 3.96. The number of hydrogen-bond acceptors (Lipinski definition) is 5. The van der Waals surface area contributed by atoms with Crippen LogP contribution < -0.4 is 11.2 Å². The molecule has 1 aromatic rings. The van der Waals surface area contributed by atoms with Crippen molar-refractivity contribution in [3.63, 3.8) is 0 Å². The number of thiocarbonyl (C=S) groups is 1. The van der Waals surface area contributed by atoms with E-state index in [9.17, 15) is 4.79 Å². The average molecular weight is 498 g/mol. The minimum atomic E-state index is -0.461. The maximum absolute atomic E-state index is 12.0. The number of benzene rings is 1. The van der Waals surface area contributed by atoms with Gasteiger partial charge in [-0.2, -0.15) is 15.2 Å². The molecule has 0 unspecified atom stereocenters. The minimum absolute atomic E-state index is 0.115. The van der Waals surface area contributed by atoms with Gasteiger partial charge >= 0.3 is 5.91 Å². The average Bonchev–Trinajstić information content (AvgIpc) is 2.64. The van der Waals surface area contributed by atoms with Gasteiger partial charge in [-0.3, -0.25) is 10.2 Å². The summed E-state index contributed by atoms with van der Waals surface area (Å²) in [7, 11) is 0. The van der Waals surface area contributed by atoms with Crippen LogP contribution in [0.15, 0.2) is 35.8 Å². The molecule has 2 rings (SSSR count). The second kappa shape index (κ2) is 6.51. The van der Waals surface area contributed by atoms with Crippen molar-refractivity contribution >= 4 is 88.1 Å². The van der Waals surface area contributed by atoms with Crippen LogP contribution in [0.25, 0.3) is 0 Å². The Kier molecular flexibility index (Phi) is 5.12. The first-order valence-corrected chi connectivity index (χ1v) is 8.27. The first-order chi connectivity index (χ1) is 9.81. The fourth-order valence-corrected chi connectivity index (χ4v) is 4.10. The lowest BCUT2D eigenvalue weighted by atomic mass is 10.2. The lowest BCUT2D eigenvalue weighted by Crippen LogP contribution is -2.36. The lowest BCUT2D eigenvalue weighted by Gasteiger charge is -2.09. The van der Waals surface area contributed by atoms with E-state index >= 15 is 0 Å². The van der Waals surface area contributed by atoms with Gasteiger partial charge in [0.2, 0.25) is 0 Å². The van der Waals surface area contributed by atoms with Crippen LogP contribution in [0.4, 0.5) is 5.69 Å². The molecule has 0 spiro atoms. The minimum Gasteiger partial charge on any atom is -0.374 e. The number of rotatable bonds is 2. The normalized spacial score (nSPS) is 16.4. The number of nitrogens with zero attached hydrogens (tertiary/aromatic N) is 3. The Morgan fingerprint density at radius 3 is 2.43 bits per heavy atom. The third-order valence-electron chi connectivity index (χ3n) is 2.48. The Labute approximate surface area is 151 Å². The summed E-state index contributed by atoms with van der Waals surface area (Å²) in [6, 6.07) is 3.71. The number of hydrogen-bond donors (Lipinski definition) is 2. The summed E-state index contributed by atoms with van der Waals surface area (Å²) in [5.74, 6) is -0.461. The molecule has 10 heteroatoms. The molecular weight excluding hydrogens is 490 g/mol. The highest BCUT2D eigenvalue weighted by molar-refractivity contribution is 9.11. The number of nitrogens with one attached hydrogen (secondary N) is 1. The summed E-state index contributed by atoms with van der Waals surface area (Å²) in [5, 5.41) is 8.87. The number of hydrazone groups is 2. The number of halogens is 3. The quantitative estimate of drug-likeness (QED) is 0.485. The number of anilines is 1.